The van der Waals surface area contributed by atoms with E-state index in [1.165, 1.54) is 0 Å². The van der Waals surface area contributed by atoms with Gasteiger partial charge in [0.15, 0.2) is 5.82 Å². The number of carbonyl (C=O) groups excluding carboxylic acids is 1. The van der Waals surface area contributed by atoms with Crippen LogP contribution >= 0.6 is 11.6 Å². The minimum atomic E-state index is -0.745. The fourth-order valence-electron chi connectivity index (χ4n) is 2.58. The van der Waals surface area contributed by atoms with Gasteiger partial charge >= 0.3 is 0 Å². The number of nitrogens with two attached hydrogens (primary N) is 1. The van der Waals surface area contributed by atoms with Gasteiger partial charge in [-0.15, -0.1) is 0 Å². The Morgan fingerprint density at radius 2 is 2.09 bits per heavy atom. The van der Waals surface area contributed by atoms with E-state index >= 15 is 0 Å². The third-order valence-corrected chi connectivity index (χ3v) is 4.53. The van der Waals surface area contributed by atoms with Crippen LogP contribution in [0.2, 0.25) is 5.02 Å². The van der Waals surface area contributed by atoms with Gasteiger partial charge in [0.1, 0.15) is 11.2 Å². The molecule has 1 atom stereocenters. The third kappa shape index (κ3) is 2.96. The summed E-state index contributed by atoms with van der Waals surface area (Å²) in [5, 5.41) is 15.1. The maximum absolute atomic E-state index is 11.8. The summed E-state index contributed by atoms with van der Waals surface area (Å²) in [6.07, 6.45) is 1.39. The molecule has 122 valence electrons. The second-order valence-electron chi connectivity index (χ2n) is 5.96. The number of aliphatic hydroxyl groups excluding tert-OH is 1. The molecule has 23 heavy (non-hydrogen) atoms. The number of rotatable bonds is 6. The van der Waals surface area contributed by atoms with Gasteiger partial charge in [-0.25, -0.2) is 9.67 Å². The van der Waals surface area contributed by atoms with Crippen LogP contribution in [-0.4, -0.2) is 31.9 Å². The Morgan fingerprint density at radius 1 is 1.43 bits per heavy atom. The van der Waals surface area contributed by atoms with Crippen molar-refractivity contribution in [3.05, 3.63) is 35.1 Å². The van der Waals surface area contributed by atoms with Crippen LogP contribution in [0.5, 0.6) is 0 Å². The van der Waals surface area contributed by atoms with Crippen molar-refractivity contribution in [2.45, 2.75) is 44.2 Å². The van der Waals surface area contributed by atoms with E-state index in [9.17, 15) is 9.90 Å². The Balaban J connectivity index is 2.03. The zero-order valence-corrected chi connectivity index (χ0v) is 13.6. The van der Waals surface area contributed by atoms with E-state index < -0.39 is 11.5 Å². The maximum Gasteiger partial charge on any atom is 0.231 e. The van der Waals surface area contributed by atoms with Crippen LogP contribution in [-0.2, 0) is 16.8 Å². The van der Waals surface area contributed by atoms with Crippen molar-refractivity contribution in [1.29, 1.82) is 0 Å². The molecule has 1 heterocycles. The van der Waals surface area contributed by atoms with Crippen LogP contribution in [0, 0.1) is 0 Å². The van der Waals surface area contributed by atoms with Crippen LogP contribution in [0.15, 0.2) is 24.3 Å². The Morgan fingerprint density at radius 3 is 2.61 bits per heavy atom. The van der Waals surface area contributed by atoms with Crippen molar-refractivity contribution in [1.82, 2.24) is 14.8 Å². The lowest BCUT2D eigenvalue weighted by Gasteiger charge is -2.14. The molecule has 0 radical (unpaired) electrons. The SMILES string of the molecule is CC[C@@H](O)Cn1nc(-c2ccc(Cl)cc2)nc1C1(C(N)=O)CC1. The Kier molecular flexibility index (Phi) is 4.12. The van der Waals surface area contributed by atoms with E-state index in [0.717, 1.165) is 5.56 Å². The number of carbonyl (C=O) groups is 1. The Bertz CT molecular complexity index is 722. The molecule has 1 saturated carbocycles. The number of nitrogens with zero attached hydrogens (tertiary/aromatic N) is 3. The fraction of sp³-hybridized carbons (Fsp3) is 0.438. The summed E-state index contributed by atoms with van der Waals surface area (Å²) in [5.41, 5.74) is 5.63. The lowest BCUT2D eigenvalue weighted by Crippen LogP contribution is -2.32. The normalized spacial score (nSPS) is 17.0. The number of benzene rings is 1. The van der Waals surface area contributed by atoms with E-state index in [-0.39, 0.29) is 5.91 Å². The highest BCUT2D eigenvalue weighted by atomic mass is 35.5. The molecule has 1 amide bonds. The zero-order chi connectivity index (χ0) is 16.6. The molecule has 2 aromatic rings. The molecule has 0 spiro atoms. The molecule has 6 nitrogen and oxygen atoms in total. The van der Waals surface area contributed by atoms with Gasteiger partial charge in [-0.1, -0.05) is 18.5 Å². The van der Waals surface area contributed by atoms with E-state index in [2.05, 4.69) is 10.1 Å². The summed E-state index contributed by atoms with van der Waals surface area (Å²) in [5.74, 6) is 0.662. The van der Waals surface area contributed by atoms with Gasteiger partial charge in [0, 0.05) is 10.6 Å². The molecule has 0 unspecified atom stereocenters. The molecule has 0 aliphatic heterocycles. The van der Waals surface area contributed by atoms with Gasteiger partial charge in [-0.2, -0.15) is 5.10 Å². The van der Waals surface area contributed by atoms with Gasteiger partial charge in [0.05, 0.1) is 12.6 Å². The molecule has 3 N–H and O–H groups in total. The summed E-state index contributed by atoms with van der Waals surface area (Å²) in [6.45, 7) is 2.18. The number of amides is 1. The molecule has 0 saturated heterocycles. The van der Waals surface area contributed by atoms with Gasteiger partial charge in [0.25, 0.3) is 0 Å². The summed E-state index contributed by atoms with van der Waals surface area (Å²) < 4.78 is 1.62. The fourth-order valence-corrected chi connectivity index (χ4v) is 2.70. The number of aromatic nitrogens is 3. The van der Waals surface area contributed by atoms with E-state index in [1.54, 1.807) is 16.8 Å². The molecule has 1 aliphatic carbocycles. The average Bonchev–Trinajstić information content (AvgIpc) is 3.24. The summed E-state index contributed by atoms with van der Waals surface area (Å²) in [7, 11) is 0. The van der Waals surface area contributed by atoms with Crippen molar-refractivity contribution < 1.29 is 9.90 Å². The first-order valence-electron chi connectivity index (χ1n) is 7.65. The van der Waals surface area contributed by atoms with Crippen LogP contribution in [0.4, 0.5) is 0 Å². The molecule has 0 bridgehead atoms. The minimum absolute atomic E-state index is 0.293. The van der Waals surface area contributed by atoms with Crippen LogP contribution in [0.1, 0.15) is 32.0 Å². The molecule has 3 rings (SSSR count). The summed E-state index contributed by atoms with van der Waals surface area (Å²) >= 11 is 5.91. The minimum Gasteiger partial charge on any atom is -0.391 e. The second-order valence-corrected chi connectivity index (χ2v) is 6.39. The number of aliphatic hydroxyl groups is 1. The number of halogens is 1. The topological polar surface area (TPSA) is 94.0 Å². The lowest BCUT2D eigenvalue weighted by molar-refractivity contribution is -0.120. The van der Waals surface area contributed by atoms with Crippen molar-refractivity contribution >= 4 is 17.5 Å². The predicted molar refractivity (Wildman–Crippen MR) is 86.9 cm³/mol. The highest BCUT2D eigenvalue weighted by Crippen LogP contribution is 2.47. The molecule has 7 heteroatoms. The first kappa shape index (κ1) is 16.0. The van der Waals surface area contributed by atoms with Gasteiger partial charge < -0.3 is 10.8 Å². The van der Waals surface area contributed by atoms with Crippen LogP contribution in [0.3, 0.4) is 0 Å². The van der Waals surface area contributed by atoms with E-state index in [0.29, 0.717) is 42.5 Å². The standard InChI is InChI=1S/C16H19ClN4O2/c1-2-12(22)9-21-15(16(7-8-16)14(18)23)19-13(20-21)10-3-5-11(17)6-4-10/h3-6,12,22H,2,7-9H2,1H3,(H2,18,23)/t12-/m1/s1. The highest BCUT2D eigenvalue weighted by molar-refractivity contribution is 6.30. The third-order valence-electron chi connectivity index (χ3n) is 4.28. The monoisotopic (exact) mass is 334 g/mol. The number of primary amides is 1. The number of hydrogen-bond donors (Lipinski definition) is 2. The molecule has 1 aromatic carbocycles. The quantitative estimate of drug-likeness (QED) is 0.843. The van der Waals surface area contributed by atoms with Crippen molar-refractivity contribution in [3.63, 3.8) is 0 Å². The number of hydrogen-bond acceptors (Lipinski definition) is 4. The first-order valence-corrected chi connectivity index (χ1v) is 8.03. The second kappa shape index (κ2) is 5.94. The van der Waals surface area contributed by atoms with E-state index in [1.807, 2.05) is 19.1 Å². The van der Waals surface area contributed by atoms with Crippen LogP contribution < -0.4 is 5.73 Å². The molecule has 1 aromatic heterocycles. The van der Waals surface area contributed by atoms with Crippen molar-refractivity contribution in [3.8, 4) is 11.4 Å². The molecular formula is C16H19ClN4O2. The zero-order valence-electron chi connectivity index (χ0n) is 12.9. The lowest BCUT2D eigenvalue weighted by atomic mass is 10.1. The van der Waals surface area contributed by atoms with Gasteiger partial charge in [-0.05, 0) is 43.5 Å². The highest BCUT2D eigenvalue weighted by Gasteiger charge is 2.54. The van der Waals surface area contributed by atoms with Gasteiger partial charge in [-0.3, -0.25) is 4.79 Å². The smallest absolute Gasteiger partial charge is 0.231 e. The maximum atomic E-state index is 11.8. The largest absolute Gasteiger partial charge is 0.391 e. The van der Waals surface area contributed by atoms with Crippen molar-refractivity contribution in [2.24, 2.45) is 5.73 Å². The Hall–Kier alpha value is -1.92. The van der Waals surface area contributed by atoms with Gasteiger partial charge in [0.2, 0.25) is 5.91 Å². The Labute approximate surface area is 139 Å². The van der Waals surface area contributed by atoms with E-state index in [4.69, 9.17) is 17.3 Å². The summed E-state index contributed by atoms with van der Waals surface area (Å²) in [6, 6.07) is 7.18. The summed E-state index contributed by atoms with van der Waals surface area (Å²) in [4.78, 5) is 16.4. The van der Waals surface area contributed by atoms with Crippen molar-refractivity contribution in [2.75, 3.05) is 0 Å². The predicted octanol–water partition coefficient (Wildman–Crippen LogP) is 1.89. The molecule has 1 aliphatic rings. The molecular weight excluding hydrogens is 316 g/mol. The molecule has 1 fully saturated rings. The van der Waals surface area contributed by atoms with Crippen LogP contribution in [0.25, 0.3) is 11.4 Å². The first-order chi connectivity index (χ1) is 11.0. The average molecular weight is 335 g/mol.